The Morgan fingerprint density at radius 3 is 2.81 bits per heavy atom. The largest absolute Gasteiger partial charge is 0.545 e. The van der Waals surface area contributed by atoms with Gasteiger partial charge in [0.25, 0.3) is 0 Å². The van der Waals surface area contributed by atoms with Crippen molar-refractivity contribution in [1.82, 2.24) is 9.55 Å². The number of carboxylic acids is 1. The van der Waals surface area contributed by atoms with Crippen LogP contribution in [0.1, 0.15) is 38.2 Å². The minimum absolute atomic E-state index is 0.131. The summed E-state index contributed by atoms with van der Waals surface area (Å²) in [6, 6.07) is 17.1. The SMILES string of the molecule is Cc1ccc2c(ncn2C/C=C2\c3ccccc3COc3ccc(C(=O)[O-])cc32)c1C. The normalized spacial score (nSPS) is 14.1. The fourth-order valence-electron chi connectivity index (χ4n) is 4.13. The molecule has 5 rings (SSSR count). The first-order valence-electron chi connectivity index (χ1n) is 10.2. The van der Waals surface area contributed by atoms with Crippen molar-refractivity contribution >= 4 is 22.6 Å². The monoisotopic (exact) mass is 409 g/mol. The highest BCUT2D eigenvalue weighted by molar-refractivity contribution is 5.91. The van der Waals surface area contributed by atoms with Crippen LogP contribution in [0.2, 0.25) is 0 Å². The number of allylic oxidation sites excluding steroid dienone is 1. The Bertz CT molecular complexity index is 1360. The van der Waals surface area contributed by atoms with E-state index in [1.54, 1.807) is 12.1 Å². The van der Waals surface area contributed by atoms with Crippen molar-refractivity contribution in [3.8, 4) is 5.75 Å². The van der Waals surface area contributed by atoms with Gasteiger partial charge in [-0.05, 0) is 71.5 Å². The number of carbonyl (C=O) groups excluding carboxylic acids is 1. The summed E-state index contributed by atoms with van der Waals surface area (Å²) in [5.41, 5.74) is 8.39. The maximum Gasteiger partial charge on any atom is 0.127 e. The zero-order valence-corrected chi connectivity index (χ0v) is 17.4. The van der Waals surface area contributed by atoms with Crippen LogP contribution in [0.4, 0.5) is 0 Å². The van der Waals surface area contributed by atoms with E-state index in [-0.39, 0.29) is 5.56 Å². The summed E-state index contributed by atoms with van der Waals surface area (Å²) in [5, 5.41) is 11.5. The minimum Gasteiger partial charge on any atom is -0.545 e. The van der Waals surface area contributed by atoms with Gasteiger partial charge >= 0.3 is 0 Å². The third-order valence-corrected chi connectivity index (χ3v) is 6.00. The smallest absolute Gasteiger partial charge is 0.127 e. The molecule has 0 N–H and O–H groups in total. The number of aromatic carboxylic acids is 1. The predicted octanol–water partition coefficient (Wildman–Crippen LogP) is 4.04. The van der Waals surface area contributed by atoms with Crippen molar-refractivity contribution < 1.29 is 14.6 Å². The fraction of sp³-hybridized carbons (Fsp3) is 0.154. The highest BCUT2D eigenvalue weighted by atomic mass is 16.5. The van der Waals surface area contributed by atoms with Crippen LogP contribution in [-0.4, -0.2) is 15.5 Å². The summed E-state index contributed by atoms with van der Waals surface area (Å²) in [5.74, 6) is -0.541. The molecule has 0 amide bonds. The van der Waals surface area contributed by atoms with Gasteiger partial charge in [-0.15, -0.1) is 0 Å². The number of imidazole rings is 1. The maximum absolute atomic E-state index is 11.5. The lowest BCUT2D eigenvalue weighted by molar-refractivity contribution is -0.255. The van der Waals surface area contributed by atoms with Crippen LogP contribution in [0.5, 0.6) is 5.75 Å². The van der Waals surface area contributed by atoms with Crippen LogP contribution in [0.25, 0.3) is 16.6 Å². The first-order chi connectivity index (χ1) is 15.0. The lowest BCUT2D eigenvalue weighted by atomic mass is 9.93. The Hall–Kier alpha value is -3.86. The number of nitrogens with zero attached hydrogens (tertiary/aromatic N) is 2. The second kappa shape index (κ2) is 7.43. The van der Waals surface area contributed by atoms with Crippen LogP contribution in [0.3, 0.4) is 0 Å². The number of carbonyl (C=O) groups is 1. The number of aryl methyl sites for hydroxylation is 2. The van der Waals surface area contributed by atoms with E-state index in [9.17, 15) is 9.90 Å². The molecule has 1 aliphatic rings. The molecule has 154 valence electrons. The number of ether oxygens (including phenoxy) is 1. The molecule has 1 aromatic heterocycles. The van der Waals surface area contributed by atoms with E-state index in [2.05, 4.69) is 41.6 Å². The van der Waals surface area contributed by atoms with Crippen LogP contribution < -0.4 is 9.84 Å². The molecule has 0 radical (unpaired) electrons. The molecule has 0 saturated heterocycles. The summed E-state index contributed by atoms with van der Waals surface area (Å²) in [4.78, 5) is 16.1. The molecule has 3 aromatic carbocycles. The zero-order valence-electron chi connectivity index (χ0n) is 17.4. The van der Waals surface area contributed by atoms with Gasteiger partial charge in [-0.1, -0.05) is 36.4 Å². The Morgan fingerprint density at radius 1 is 1.13 bits per heavy atom. The molecular weight excluding hydrogens is 388 g/mol. The molecule has 0 bridgehead atoms. The van der Waals surface area contributed by atoms with Crippen LogP contribution in [0, 0.1) is 13.8 Å². The number of carboxylic acid groups (broad SMARTS) is 1. The molecule has 0 fully saturated rings. The van der Waals surface area contributed by atoms with E-state index in [1.165, 1.54) is 17.2 Å². The summed E-state index contributed by atoms with van der Waals surface area (Å²) >= 11 is 0. The maximum atomic E-state index is 11.5. The van der Waals surface area contributed by atoms with Gasteiger partial charge in [0.15, 0.2) is 0 Å². The third kappa shape index (κ3) is 3.28. The molecule has 1 aliphatic heterocycles. The van der Waals surface area contributed by atoms with Crippen molar-refractivity contribution in [2.24, 2.45) is 0 Å². The lowest BCUT2D eigenvalue weighted by Crippen LogP contribution is -2.22. The van der Waals surface area contributed by atoms with Gasteiger partial charge < -0.3 is 19.2 Å². The molecule has 0 aliphatic carbocycles. The zero-order chi connectivity index (χ0) is 21.5. The first kappa shape index (κ1) is 19.1. The van der Waals surface area contributed by atoms with E-state index in [4.69, 9.17) is 4.74 Å². The number of hydrogen-bond acceptors (Lipinski definition) is 4. The quantitative estimate of drug-likeness (QED) is 0.512. The van der Waals surface area contributed by atoms with Crippen molar-refractivity contribution in [3.05, 3.63) is 100 Å². The molecule has 0 spiro atoms. The molecular formula is C26H21N2O3-. The summed E-state index contributed by atoms with van der Waals surface area (Å²) in [7, 11) is 0. The Balaban J connectivity index is 1.66. The van der Waals surface area contributed by atoms with E-state index < -0.39 is 5.97 Å². The second-order valence-corrected chi connectivity index (χ2v) is 7.83. The van der Waals surface area contributed by atoms with E-state index in [0.717, 1.165) is 33.3 Å². The van der Waals surface area contributed by atoms with E-state index in [1.807, 2.05) is 30.6 Å². The predicted molar refractivity (Wildman–Crippen MR) is 118 cm³/mol. The highest BCUT2D eigenvalue weighted by Gasteiger charge is 2.19. The topological polar surface area (TPSA) is 67.2 Å². The number of benzene rings is 3. The van der Waals surface area contributed by atoms with Crippen LogP contribution in [0.15, 0.2) is 67.0 Å². The minimum atomic E-state index is -1.20. The Labute approximate surface area is 180 Å². The highest BCUT2D eigenvalue weighted by Crippen LogP contribution is 2.37. The lowest BCUT2D eigenvalue weighted by Gasteiger charge is -2.13. The van der Waals surface area contributed by atoms with Gasteiger partial charge in [0.1, 0.15) is 12.4 Å². The van der Waals surface area contributed by atoms with Gasteiger partial charge in [0.05, 0.1) is 23.3 Å². The number of rotatable bonds is 3. The fourth-order valence-corrected chi connectivity index (χ4v) is 4.13. The van der Waals surface area contributed by atoms with Crippen molar-refractivity contribution in [3.63, 3.8) is 0 Å². The van der Waals surface area contributed by atoms with Crippen molar-refractivity contribution in [2.75, 3.05) is 0 Å². The number of hydrogen-bond donors (Lipinski definition) is 0. The molecule has 2 heterocycles. The second-order valence-electron chi connectivity index (χ2n) is 7.83. The van der Waals surface area contributed by atoms with Crippen molar-refractivity contribution in [2.45, 2.75) is 27.0 Å². The van der Waals surface area contributed by atoms with E-state index >= 15 is 0 Å². The molecule has 31 heavy (non-hydrogen) atoms. The van der Waals surface area contributed by atoms with Crippen molar-refractivity contribution in [1.29, 1.82) is 0 Å². The summed E-state index contributed by atoms with van der Waals surface area (Å²) in [6.07, 6.45) is 3.97. The number of aromatic nitrogens is 2. The Kier molecular flexibility index (Phi) is 4.59. The standard InChI is InChI=1S/C26H22N2O3/c1-16-7-9-23-25(17(16)2)27-15-28(23)12-11-21-20-6-4-3-5-19(20)14-31-24-10-8-18(26(29)30)13-22(21)24/h3-11,13,15H,12,14H2,1-2H3,(H,29,30)/p-1/b21-11+. The van der Waals surface area contributed by atoms with Crippen LogP contribution >= 0.6 is 0 Å². The molecule has 0 saturated carbocycles. The van der Waals surface area contributed by atoms with Gasteiger partial charge in [-0.2, -0.15) is 0 Å². The first-order valence-corrected chi connectivity index (χ1v) is 10.2. The van der Waals surface area contributed by atoms with Crippen LogP contribution in [-0.2, 0) is 13.2 Å². The van der Waals surface area contributed by atoms with E-state index in [0.29, 0.717) is 18.9 Å². The molecule has 5 heteroatoms. The van der Waals surface area contributed by atoms with Gasteiger partial charge in [0, 0.05) is 12.1 Å². The third-order valence-electron chi connectivity index (χ3n) is 6.00. The van der Waals surface area contributed by atoms with Gasteiger partial charge in [-0.25, -0.2) is 4.98 Å². The molecule has 0 atom stereocenters. The average Bonchev–Trinajstić information content (AvgIpc) is 3.12. The number of fused-ring (bicyclic) bond motifs is 3. The Morgan fingerprint density at radius 2 is 1.97 bits per heavy atom. The van der Waals surface area contributed by atoms with Gasteiger partial charge in [-0.3, -0.25) is 0 Å². The van der Waals surface area contributed by atoms with Gasteiger partial charge in [0.2, 0.25) is 0 Å². The molecule has 0 unspecified atom stereocenters. The summed E-state index contributed by atoms with van der Waals surface area (Å²) in [6.45, 7) is 5.20. The summed E-state index contributed by atoms with van der Waals surface area (Å²) < 4.78 is 8.11. The molecule has 5 nitrogen and oxygen atoms in total. The average molecular weight is 409 g/mol. The molecule has 4 aromatic rings.